The third kappa shape index (κ3) is 6.41. The number of hydrogen-bond acceptors (Lipinski definition) is 2. The molecule has 10 aromatic rings. The highest BCUT2D eigenvalue weighted by atomic mass is 16.5. The average molecular weight is 766 g/mol. The lowest BCUT2D eigenvalue weighted by atomic mass is 9.86. The largest absolute Gasteiger partial charge is 0.455 e. The average Bonchev–Trinajstić information content (AvgIpc) is 3.46. The minimum Gasteiger partial charge on any atom is -0.455 e. The molecule has 0 amide bonds. The Morgan fingerprint density at radius 1 is 0.267 bits per heavy atom. The molecule has 0 aromatic heterocycles. The second-order valence-electron chi connectivity index (χ2n) is 15.3. The Labute approximate surface area is 350 Å². The van der Waals surface area contributed by atoms with Gasteiger partial charge in [0, 0.05) is 39.3 Å². The maximum Gasteiger partial charge on any atom is 0.143 e. The van der Waals surface area contributed by atoms with Crippen molar-refractivity contribution in [1.82, 2.24) is 0 Å². The zero-order chi connectivity index (χ0) is 39.8. The number of fused-ring (bicyclic) bond motifs is 6. The van der Waals surface area contributed by atoms with E-state index in [0.717, 1.165) is 61.8 Å². The highest BCUT2D eigenvalue weighted by Gasteiger charge is 2.27. The lowest BCUT2D eigenvalue weighted by molar-refractivity contribution is 0.490. The first-order valence-electron chi connectivity index (χ1n) is 20.5. The van der Waals surface area contributed by atoms with E-state index in [9.17, 15) is 0 Å². The SMILES string of the molecule is c1ccc(-c2ccc(N(c3ccc(-c4ccccc4)cc3)c3ccc(-c4cccc5c4Oc4cc6ccccc6cc4-c4cccc(-c6ccccc6)c4-5)cc3)cc2)cc1. The molecule has 11 rings (SSSR count). The third-order valence-electron chi connectivity index (χ3n) is 11.7. The summed E-state index contributed by atoms with van der Waals surface area (Å²) in [6.07, 6.45) is 0. The van der Waals surface area contributed by atoms with Crippen LogP contribution in [0.2, 0.25) is 0 Å². The van der Waals surface area contributed by atoms with E-state index < -0.39 is 0 Å². The van der Waals surface area contributed by atoms with Gasteiger partial charge >= 0.3 is 0 Å². The van der Waals surface area contributed by atoms with E-state index in [1.165, 1.54) is 44.3 Å². The standard InChI is InChI=1S/C58H39NO/c1-4-14-40(15-5-1)42-26-32-48(33-27-42)59(49-34-28-43(29-35-49)41-16-6-2-7-17-41)50-36-30-45(31-37-50)52-23-13-25-54-57-51(44-18-8-3-9-19-44)22-12-24-53(57)55-38-46-20-10-11-21-47(46)39-56(55)60-58(52)54/h1-39H. The molecule has 0 unspecified atom stereocenters. The number of nitrogens with zero attached hydrogens (tertiary/aromatic N) is 1. The van der Waals surface area contributed by atoms with Gasteiger partial charge in [0.15, 0.2) is 0 Å². The van der Waals surface area contributed by atoms with Gasteiger partial charge in [-0.3, -0.25) is 0 Å². The Morgan fingerprint density at radius 3 is 1.22 bits per heavy atom. The third-order valence-corrected chi connectivity index (χ3v) is 11.7. The molecule has 2 heteroatoms. The van der Waals surface area contributed by atoms with Crippen molar-refractivity contribution in [2.24, 2.45) is 0 Å². The number of benzene rings is 10. The molecular formula is C58H39NO. The molecule has 0 bridgehead atoms. The zero-order valence-electron chi connectivity index (χ0n) is 32.9. The van der Waals surface area contributed by atoms with Gasteiger partial charge in [0.25, 0.3) is 0 Å². The molecule has 0 N–H and O–H groups in total. The van der Waals surface area contributed by atoms with E-state index in [-0.39, 0.29) is 0 Å². The van der Waals surface area contributed by atoms with Gasteiger partial charge in [0.05, 0.1) is 0 Å². The summed E-state index contributed by atoms with van der Waals surface area (Å²) < 4.78 is 7.17. The number of rotatable bonds is 7. The molecule has 0 saturated carbocycles. The summed E-state index contributed by atoms with van der Waals surface area (Å²) >= 11 is 0. The Morgan fingerprint density at radius 2 is 0.667 bits per heavy atom. The molecule has 1 aliphatic rings. The second-order valence-corrected chi connectivity index (χ2v) is 15.3. The fraction of sp³-hybridized carbons (Fsp3) is 0. The quantitative estimate of drug-likeness (QED) is 0.160. The first kappa shape index (κ1) is 35.2. The van der Waals surface area contributed by atoms with Crippen molar-refractivity contribution in [3.8, 4) is 78.3 Å². The first-order chi connectivity index (χ1) is 29.7. The summed E-state index contributed by atoms with van der Waals surface area (Å²) in [4.78, 5) is 2.33. The van der Waals surface area contributed by atoms with Gasteiger partial charge in [-0.2, -0.15) is 0 Å². The van der Waals surface area contributed by atoms with Crippen molar-refractivity contribution in [1.29, 1.82) is 0 Å². The Bertz CT molecular complexity index is 3040. The lowest BCUT2D eigenvalue weighted by Gasteiger charge is -2.26. The molecule has 0 aliphatic carbocycles. The van der Waals surface area contributed by atoms with Crippen LogP contribution in [-0.2, 0) is 0 Å². The number of ether oxygens (including phenoxy) is 1. The van der Waals surface area contributed by atoms with Crippen LogP contribution in [0, 0.1) is 0 Å². The molecule has 282 valence electrons. The molecule has 1 heterocycles. The van der Waals surface area contributed by atoms with Crippen LogP contribution in [0.5, 0.6) is 11.5 Å². The second kappa shape index (κ2) is 15.1. The Kier molecular flexibility index (Phi) is 8.87. The minimum absolute atomic E-state index is 0.854. The van der Waals surface area contributed by atoms with Crippen LogP contribution in [0.4, 0.5) is 17.1 Å². The molecule has 0 radical (unpaired) electrons. The molecule has 10 aromatic carbocycles. The summed E-state index contributed by atoms with van der Waals surface area (Å²) in [7, 11) is 0. The normalized spacial score (nSPS) is 11.5. The number of para-hydroxylation sites is 1. The maximum absolute atomic E-state index is 7.17. The van der Waals surface area contributed by atoms with E-state index in [1.807, 2.05) is 0 Å². The molecule has 0 atom stereocenters. The van der Waals surface area contributed by atoms with Crippen LogP contribution in [0.25, 0.3) is 77.5 Å². The lowest BCUT2D eigenvalue weighted by Crippen LogP contribution is -2.09. The van der Waals surface area contributed by atoms with Crippen LogP contribution in [0.15, 0.2) is 237 Å². The van der Waals surface area contributed by atoms with E-state index in [2.05, 4.69) is 241 Å². The van der Waals surface area contributed by atoms with Crippen LogP contribution in [-0.4, -0.2) is 0 Å². The molecule has 0 fully saturated rings. The van der Waals surface area contributed by atoms with Gasteiger partial charge in [0.2, 0.25) is 0 Å². The summed E-state index contributed by atoms with van der Waals surface area (Å²) in [6.45, 7) is 0. The van der Waals surface area contributed by atoms with Crippen molar-refractivity contribution in [2.45, 2.75) is 0 Å². The topological polar surface area (TPSA) is 12.5 Å². The van der Waals surface area contributed by atoms with Crippen molar-refractivity contribution < 1.29 is 4.74 Å². The van der Waals surface area contributed by atoms with Crippen LogP contribution < -0.4 is 9.64 Å². The van der Waals surface area contributed by atoms with Crippen LogP contribution in [0.1, 0.15) is 0 Å². The first-order valence-corrected chi connectivity index (χ1v) is 20.5. The van der Waals surface area contributed by atoms with Crippen molar-refractivity contribution in [3.05, 3.63) is 237 Å². The van der Waals surface area contributed by atoms with Crippen molar-refractivity contribution in [3.63, 3.8) is 0 Å². The van der Waals surface area contributed by atoms with Crippen LogP contribution in [0.3, 0.4) is 0 Å². The van der Waals surface area contributed by atoms with E-state index >= 15 is 0 Å². The summed E-state index contributed by atoms with van der Waals surface area (Å²) in [5, 5.41) is 2.34. The fourth-order valence-electron chi connectivity index (χ4n) is 8.73. The predicted molar refractivity (Wildman–Crippen MR) is 251 cm³/mol. The fourth-order valence-corrected chi connectivity index (χ4v) is 8.73. The number of hydrogen-bond donors (Lipinski definition) is 0. The Balaban J connectivity index is 1.04. The van der Waals surface area contributed by atoms with Crippen molar-refractivity contribution >= 4 is 27.8 Å². The highest BCUT2D eigenvalue weighted by molar-refractivity contribution is 6.03. The molecule has 0 spiro atoms. The zero-order valence-corrected chi connectivity index (χ0v) is 32.9. The van der Waals surface area contributed by atoms with E-state index in [1.54, 1.807) is 0 Å². The van der Waals surface area contributed by atoms with Crippen LogP contribution >= 0.6 is 0 Å². The van der Waals surface area contributed by atoms with Gasteiger partial charge < -0.3 is 9.64 Å². The molecule has 2 nitrogen and oxygen atoms in total. The molecule has 60 heavy (non-hydrogen) atoms. The van der Waals surface area contributed by atoms with Gasteiger partial charge in [0.1, 0.15) is 11.5 Å². The molecule has 0 saturated heterocycles. The minimum atomic E-state index is 0.854. The summed E-state index contributed by atoms with van der Waals surface area (Å²) in [5.41, 5.74) is 17.0. The Hall–Kier alpha value is -7.94. The van der Waals surface area contributed by atoms with Gasteiger partial charge in [-0.05, 0) is 104 Å². The van der Waals surface area contributed by atoms with Gasteiger partial charge in [-0.25, -0.2) is 0 Å². The van der Waals surface area contributed by atoms with Gasteiger partial charge in [-0.15, -0.1) is 0 Å². The summed E-state index contributed by atoms with van der Waals surface area (Å²) in [6, 6.07) is 84.6. The molecular weight excluding hydrogens is 727 g/mol. The van der Waals surface area contributed by atoms with Gasteiger partial charge in [-0.1, -0.05) is 188 Å². The summed E-state index contributed by atoms with van der Waals surface area (Å²) in [5.74, 6) is 1.71. The maximum atomic E-state index is 7.17. The van der Waals surface area contributed by atoms with Crippen molar-refractivity contribution in [2.75, 3.05) is 4.90 Å². The molecule has 1 aliphatic heterocycles. The monoisotopic (exact) mass is 765 g/mol. The number of anilines is 3. The van der Waals surface area contributed by atoms with E-state index in [0.29, 0.717) is 0 Å². The predicted octanol–water partition coefficient (Wildman–Crippen LogP) is 16.4. The van der Waals surface area contributed by atoms with E-state index in [4.69, 9.17) is 4.74 Å². The highest BCUT2D eigenvalue weighted by Crippen LogP contribution is 2.53. The smallest absolute Gasteiger partial charge is 0.143 e.